The highest BCUT2D eigenvalue weighted by Crippen LogP contribution is 2.10. The molecule has 6 heteroatoms. The number of carbonyl (C=O) groups excluding carboxylic acids is 1. The maximum absolute atomic E-state index is 11.4. The van der Waals surface area contributed by atoms with Crippen LogP contribution in [-0.4, -0.2) is 23.3 Å². The van der Waals surface area contributed by atoms with Gasteiger partial charge in [-0.15, -0.1) is 0 Å². The largest absolute Gasteiger partial charge is 0.419 e. The van der Waals surface area contributed by atoms with Crippen molar-refractivity contribution in [3.8, 4) is 0 Å². The van der Waals surface area contributed by atoms with E-state index in [4.69, 9.17) is 0 Å². The number of nitrogens with zero attached hydrogens (tertiary/aromatic N) is 1. The number of benzene rings is 1. The molecule has 1 aromatic carbocycles. The molecule has 0 aliphatic rings. The highest BCUT2D eigenvalue weighted by atomic mass is 16.4. The fourth-order valence-corrected chi connectivity index (χ4v) is 1.57. The molecular weight excluding hydrogens is 248 g/mol. The Kier molecular flexibility index (Phi) is 5.05. The second kappa shape index (κ2) is 6.53. The van der Waals surface area contributed by atoms with Crippen LogP contribution in [0.15, 0.2) is 32.2 Å². The summed E-state index contributed by atoms with van der Waals surface area (Å²) in [5.41, 5.74) is 0.523. The summed E-state index contributed by atoms with van der Waals surface area (Å²) in [6.45, 7) is 4.39. The van der Waals surface area contributed by atoms with E-state index in [-0.39, 0.29) is 0 Å². The van der Waals surface area contributed by atoms with E-state index in [0.29, 0.717) is 23.9 Å². The summed E-state index contributed by atoms with van der Waals surface area (Å²) in [5.74, 6) is -0.778. The summed E-state index contributed by atoms with van der Waals surface area (Å²) < 4.78 is 4.43. The van der Waals surface area contributed by atoms with Crippen molar-refractivity contribution in [3.05, 3.63) is 44.7 Å². The molecule has 1 amide bonds. The minimum atomic E-state index is -0.778. The number of hydrogen-bond acceptors (Lipinski definition) is 4. The van der Waals surface area contributed by atoms with Crippen LogP contribution in [0.1, 0.15) is 19.4 Å². The molecule has 1 heterocycles. The second-order valence-electron chi connectivity index (χ2n) is 3.70. The van der Waals surface area contributed by atoms with Gasteiger partial charge in [-0.25, -0.2) is 9.59 Å². The number of rotatable bonds is 3. The van der Waals surface area contributed by atoms with Crippen LogP contribution < -0.4 is 11.4 Å². The first kappa shape index (κ1) is 14.7. The lowest BCUT2D eigenvalue weighted by Crippen LogP contribution is -2.17. The molecule has 6 nitrogen and oxygen atoms in total. The third kappa shape index (κ3) is 3.54. The van der Waals surface area contributed by atoms with Crippen LogP contribution in [0, 0.1) is 0 Å². The van der Waals surface area contributed by atoms with E-state index in [2.05, 4.69) is 9.40 Å². The van der Waals surface area contributed by atoms with Gasteiger partial charge in [-0.3, -0.25) is 9.78 Å². The van der Waals surface area contributed by atoms with Crippen molar-refractivity contribution in [1.29, 1.82) is 0 Å². The summed E-state index contributed by atoms with van der Waals surface area (Å²) in [6, 6.07) is 4.94. The fraction of sp³-hybridized carbons (Fsp3) is 0.308. The first-order chi connectivity index (χ1) is 9.10. The van der Waals surface area contributed by atoms with Gasteiger partial charge in [-0.05, 0) is 17.7 Å². The molecule has 1 N–H and O–H groups in total. The Morgan fingerprint density at radius 2 is 2.00 bits per heavy atom. The molecule has 0 saturated carbocycles. The van der Waals surface area contributed by atoms with Crippen molar-refractivity contribution in [3.63, 3.8) is 0 Å². The molecule has 2 rings (SSSR count). The van der Waals surface area contributed by atoms with Crippen LogP contribution in [0.4, 0.5) is 0 Å². The Morgan fingerprint density at radius 3 is 2.63 bits per heavy atom. The van der Waals surface area contributed by atoms with E-state index >= 15 is 0 Å². The Hall–Kier alpha value is -2.37. The normalized spacial score (nSPS) is 9.63. The van der Waals surface area contributed by atoms with E-state index in [0.717, 1.165) is 5.56 Å². The zero-order valence-electron chi connectivity index (χ0n) is 11.1. The first-order valence-corrected chi connectivity index (χ1v) is 5.92. The van der Waals surface area contributed by atoms with E-state index in [1.54, 1.807) is 25.2 Å². The number of nitrogens with one attached hydrogen (secondary N) is 1. The highest BCUT2D eigenvalue weighted by molar-refractivity contribution is 5.77. The van der Waals surface area contributed by atoms with Gasteiger partial charge in [0, 0.05) is 13.6 Å². The molecule has 2 aromatic rings. The van der Waals surface area contributed by atoms with Crippen molar-refractivity contribution >= 4 is 17.3 Å². The molecule has 0 radical (unpaired) electrons. The van der Waals surface area contributed by atoms with Gasteiger partial charge < -0.3 is 9.32 Å². The monoisotopic (exact) mass is 264 g/mol. The number of H-pyrrole nitrogens is 1. The molecule has 1 aromatic heterocycles. The maximum Gasteiger partial charge on any atom is 0.419 e. The van der Waals surface area contributed by atoms with Gasteiger partial charge in [0.25, 0.3) is 0 Å². The molecule has 0 aliphatic carbocycles. The average Bonchev–Trinajstić information content (AvgIpc) is 2.41. The molecule has 0 atom stereocenters. The third-order valence-electron chi connectivity index (χ3n) is 2.34. The Balaban J connectivity index is 0.000000861. The summed E-state index contributed by atoms with van der Waals surface area (Å²) in [5, 5.41) is 0.293. The summed E-state index contributed by atoms with van der Waals surface area (Å²) in [7, 11) is 1.63. The number of amides is 1. The van der Waals surface area contributed by atoms with Crippen LogP contribution >= 0.6 is 0 Å². The lowest BCUT2D eigenvalue weighted by Gasteiger charge is -2.10. The fourth-order valence-electron chi connectivity index (χ4n) is 1.57. The lowest BCUT2D eigenvalue weighted by molar-refractivity contribution is -0.117. The van der Waals surface area contributed by atoms with Crippen LogP contribution in [-0.2, 0) is 11.3 Å². The molecule has 0 spiro atoms. The van der Waals surface area contributed by atoms with Crippen LogP contribution in [0.2, 0.25) is 0 Å². The standard InChI is InChI=1S/C11H10N2O4.C2H6/c1-13(6-14)5-7-2-3-9-8(4-7)10(15)17-11(16)12-9;1-2/h2-4,6H,5H2,1H3,(H,12,16);1-2H3. The van der Waals surface area contributed by atoms with Gasteiger partial charge in [0.15, 0.2) is 0 Å². The minimum absolute atomic E-state index is 0.293. The van der Waals surface area contributed by atoms with Gasteiger partial charge >= 0.3 is 11.4 Å². The molecule has 0 saturated heterocycles. The van der Waals surface area contributed by atoms with Crippen molar-refractivity contribution < 1.29 is 9.21 Å². The van der Waals surface area contributed by atoms with Crippen LogP contribution in [0.5, 0.6) is 0 Å². The molecule has 0 aliphatic heterocycles. The molecule has 102 valence electrons. The van der Waals surface area contributed by atoms with Crippen molar-refractivity contribution in [1.82, 2.24) is 9.88 Å². The van der Waals surface area contributed by atoms with Gasteiger partial charge in [0.2, 0.25) is 6.41 Å². The number of hydrogen-bond donors (Lipinski definition) is 1. The van der Waals surface area contributed by atoms with Crippen LogP contribution in [0.25, 0.3) is 10.9 Å². The molecule has 0 unspecified atom stereocenters. The van der Waals surface area contributed by atoms with E-state index in [9.17, 15) is 14.4 Å². The van der Waals surface area contributed by atoms with E-state index in [1.807, 2.05) is 13.8 Å². The van der Waals surface area contributed by atoms with Crippen molar-refractivity contribution in [2.45, 2.75) is 20.4 Å². The zero-order valence-corrected chi connectivity index (χ0v) is 11.1. The van der Waals surface area contributed by atoms with Crippen molar-refractivity contribution in [2.24, 2.45) is 0 Å². The first-order valence-electron chi connectivity index (χ1n) is 5.92. The van der Waals surface area contributed by atoms with Crippen molar-refractivity contribution in [2.75, 3.05) is 7.05 Å². The topological polar surface area (TPSA) is 83.4 Å². The summed E-state index contributed by atoms with van der Waals surface area (Å²) >= 11 is 0. The van der Waals surface area contributed by atoms with Gasteiger partial charge in [-0.1, -0.05) is 19.9 Å². The number of aromatic amines is 1. The third-order valence-corrected chi connectivity index (χ3v) is 2.34. The number of fused-ring (bicyclic) bond motifs is 1. The number of carbonyl (C=O) groups is 1. The molecule has 19 heavy (non-hydrogen) atoms. The summed E-state index contributed by atoms with van der Waals surface area (Å²) in [6.07, 6.45) is 0.694. The average molecular weight is 264 g/mol. The van der Waals surface area contributed by atoms with Crippen LogP contribution in [0.3, 0.4) is 0 Å². The van der Waals surface area contributed by atoms with Gasteiger partial charge in [0.1, 0.15) is 0 Å². The molecular formula is C13H16N2O4. The Morgan fingerprint density at radius 1 is 1.32 bits per heavy atom. The minimum Gasteiger partial charge on any atom is -0.372 e. The summed E-state index contributed by atoms with van der Waals surface area (Å²) in [4.78, 5) is 36.7. The predicted octanol–water partition coefficient (Wildman–Crippen LogP) is 1.10. The zero-order chi connectivity index (χ0) is 14.4. The smallest absolute Gasteiger partial charge is 0.372 e. The molecule has 0 bridgehead atoms. The quantitative estimate of drug-likeness (QED) is 0.841. The van der Waals surface area contributed by atoms with Gasteiger partial charge in [0.05, 0.1) is 10.9 Å². The maximum atomic E-state index is 11.4. The highest BCUT2D eigenvalue weighted by Gasteiger charge is 2.05. The SMILES string of the molecule is CC.CN(C=O)Cc1ccc2[nH]c(=O)oc(=O)c2c1. The lowest BCUT2D eigenvalue weighted by atomic mass is 10.1. The predicted molar refractivity (Wildman–Crippen MR) is 72.0 cm³/mol. The van der Waals surface area contributed by atoms with E-state index in [1.165, 1.54) is 4.90 Å². The second-order valence-corrected chi connectivity index (χ2v) is 3.70. The van der Waals surface area contributed by atoms with E-state index < -0.39 is 11.4 Å². The number of aromatic nitrogens is 1. The Labute approximate surface area is 109 Å². The van der Waals surface area contributed by atoms with Gasteiger partial charge in [-0.2, -0.15) is 0 Å². The molecule has 0 fully saturated rings. The Bertz CT molecular complexity index is 672.